The van der Waals surface area contributed by atoms with Gasteiger partial charge in [-0.15, -0.1) is 0 Å². The Morgan fingerprint density at radius 1 is 1.38 bits per heavy atom. The highest BCUT2D eigenvalue weighted by Gasteiger charge is 2.14. The molecule has 2 nitrogen and oxygen atoms in total. The zero-order valence-corrected chi connectivity index (χ0v) is 4.67. The van der Waals surface area contributed by atoms with Gasteiger partial charge in [-0.1, -0.05) is 25.3 Å². The van der Waals surface area contributed by atoms with Gasteiger partial charge in [0.25, 0.3) is 0 Å². The Balaban J connectivity index is 3.96. The molecular formula is C6H10O2. The van der Waals surface area contributed by atoms with Gasteiger partial charge in [0.2, 0.25) is 0 Å². The van der Waals surface area contributed by atoms with Crippen molar-refractivity contribution in [1.29, 1.82) is 0 Å². The fourth-order valence-electron chi connectivity index (χ4n) is 0.212. The smallest absolute Gasteiger partial charge is 0.123 e. The lowest BCUT2D eigenvalue weighted by atomic mass is 10.1. The first-order valence-corrected chi connectivity index (χ1v) is 2.29. The van der Waals surface area contributed by atoms with E-state index in [1.807, 2.05) is 0 Å². The van der Waals surface area contributed by atoms with Crippen LogP contribution >= 0.6 is 0 Å². The van der Waals surface area contributed by atoms with Gasteiger partial charge >= 0.3 is 0 Å². The minimum absolute atomic E-state index is 0.361. The molecule has 0 aliphatic carbocycles. The molecule has 8 heavy (non-hydrogen) atoms. The van der Waals surface area contributed by atoms with Crippen molar-refractivity contribution in [3.63, 3.8) is 0 Å². The quantitative estimate of drug-likeness (QED) is 0.510. The van der Waals surface area contributed by atoms with Gasteiger partial charge in [-0.25, -0.2) is 0 Å². The zero-order chi connectivity index (χ0) is 6.62. The van der Waals surface area contributed by atoms with Crippen molar-refractivity contribution < 1.29 is 10.2 Å². The summed E-state index contributed by atoms with van der Waals surface area (Å²) in [6, 6.07) is 0. The van der Waals surface area contributed by atoms with E-state index in [9.17, 15) is 0 Å². The maximum absolute atomic E-state index is 8.95. The largest absolute Gasteiger partial charge is 0.393 e. The summed E-state index contributed by atoms with van der Waals surface area (Å²) in [6.07, 6.45) is 2.47. The molecule has 0 unspecified atom stereocenters. The summed E-state index contributed by atoms with van der Waals surface area (Å²) in [5.74, 6) is 0. The van der Waals surface area contributed by atoms with E-state index in [1.54, 1.807) is 0 Å². The lowest BCUT2D eigenvalue weighted by Crippen LogP contribution is -2.26. The molecule has 0 amide bonds. The van der Waals surface area contributed by atoms with Crippen LogP contribution in [0.25, 0.3) is 0 Å². The SMILES string of the molecule is C=CC(O)(C=C)CO. The molecule has 0 aliphatic rings. The van der Waals surface area contributed by atoms with Gasteiger partial charge in [-0.05, 0) is 0 Å². The summed E-state index contributed by atoms with van der Waals surface area (Å²) >= 11 is 0. The van der Waals surface area contributed by atoms with E-state index in [1.165, 1.54) is 12.2 Å². The van der Waals surface area contributed by atoms with Crippen molar-refractivity contribution in [2.45, 2.75) is 5.60 Å². The van der Waals surface area contributed by atoms with Crippen LogP contribution in [0.2, 0.25) is 0 Å². The second-order valence-electron chi connectivity index (χ2n) is 1.56. The molecule has 0 heterocycles. The van der Waals surface area contributed by atoms with Crippen LogP contribution in [0.15, 0.2) is 25.3 Å². The van der Waals surface area contributed by atoms with Gasteiger partial charge in [-0.3, -0.25) is 0 Å². The van der Waals surface area contributed by atoms with Crippen LogP contribution in [0.4, 0.5) is 0 Å². The van der Waals surface area contributed by atoms with E-state index in [0.717, 1.165) is 0 Å². The summed E-state index contributed by atoms with van der Waals surface area (Å²) in [4.78, 5) is 0. The third-order valence-electron chi connectivity index (χ3n) is 0.960. The molecule has 0 atom stereocenters. The van der Waals surface area contributed by atoms with Crippen LogP contribution in [0.5, 0.6) is 0 Å². The van der Waals surface area contributed by atoms with E-state index in [2.05, 4.69) is 13.2 Å². The minimum atomic E-state index is -1.29. The zero-order valence-electron chi connectivity index (χ0n) is 4.67. The minimum Gasteiger partial charge on any atom is -0.393 e. The highest BCUT2D eigenvalue weighted by molar-refractivity contribution is 5.07. The van der Waals surface area contributed by atoms with E-state index < -0.39 is 5.60 Å². The van der Waals surface area contributed by atoms with Gasteiger partial charge in [0, 0.05) is 0 Å². The number of aliphatic hydroxyl groups excluding tert-OH is 1. The van der Waals surface area contributed by atoms with E-state index in [-0.39, 0.29) is 6.61 Å². The third-order valence-corrected chi connectivity index (χ3v) is 0.960. The highest BCUT2D eigenvalue weighted by atomic mass is 16.3. The summed E-state index contributed by atoms with van der Waals surface area (Å²) in [7, 11) is 0. The molecule has 0 radical (unpaired) electrons. The Hall–Kier alpha value is -0.600. The first-order chi connectivity index (χ1) is 3.68. The van der Waals surface area contributed by atoms with Gasteiger partial charge in [0.05, 0.1) is 6.61 Å². The molecule has 0 aliphatic heterocycles. The number of rotatable bonds is 3. The topological polar surface area (TPSA) is 40.5 Å². The van der Waals surface area contributed by atoms with Crippen LogP contribution < -0.4 is 0 Å². The fraction of sp³-hybridized carbons (Fsp3) is 0.333. The summed E-state index contributed by atoms with van der Waals surface area (Å²) in [5, 5.41) is 17.3. The van der Waals surface area contributed by atoms with Gasteiger partial charge in [0.1, 0.15) is 5.60 Å². The van der Waals surface area contributed by atoms with Crippen LogP contribution in [0, 0.1) is 0 Å². The Bertz CT molecular complexity index is 88.7. The van der Waals surface area contributed by atoms with Crippen molar-refractivity contribution in [3.8, 4) is 0 Å². The van der Waals surface area contributed by atoms with Crippen molar-refractivity contribution in [3.05, 3.63) is 25.3 Å². The van der Waals surface area contributed by atoms with Crippen molar-refractivity contribution >= 4 is 0 Å². The molecule has 0 aromatic carbocycles. The highest BCUT2D eigenvalue weighted by Crippen LogP contribution is 2.03. The predicted octanol–water partition coefficient (Wildman–Crippen LogP) is 0.0818. The lowest BCUT2D eigenvalue weighted by Gasteiger charge is -2.14. The monoisotopic (exact) mass is 114 g/mol. The van der Waals surface area contributed by atoms with Crippen LogP contribution in [0.3, 0.4) is 0 Å². The Kier molecular flexibility index (Phi) is 2.45. The summed E-state index contributed by atoms with van der Waals surface area (Å²) in [6.45, 7) is 6.23. The Labute approximate surface area is 48.8 Å². The predicted molar refractivity (Wildman–Crippen MR) is 32.4 cm³/mol. The van der Waals surface area contributed by atoms with Crippen molar-refractivity contribution in [2.75, 3.05) is 6.61 Å². The normalized spacial score (nSPS) is 10.8. The molecule has 0 aromatic rings. The van der Waals surface area contributed by atoms with E-state index >= 15 is 0 Å². The second-order valence-corrected chi connectivity index (χ2v) is 1.56. The molecule has 0 bridgehead atoms. The molecular weight excluding hydrogens is 104 g/mol. The molecule has 0 saturated heterocycles. The summed E-state index contributed by atoms with van der Waals surface area (Å²) in [5.41, 5.74) is -1.29. The summed E-state index contributed by atoms with van der Waals surface area (Å²) < 4.78 is 0. The number of aliphatic hydroxyl groups is 2. The maximum Gasteiger partial charge on any atom is 0.123 e. The average molecular weight is 114 g/mol. The van der Waals surface area contributed by atoms with Crippen LogP contribution in [0.1, 0.15) is 0 Å². The molecule has 0 rings (SSSR count). The fourth-order valence-corrected chi connectivity index (χ4v) is 0.212. The standard InChI is InChI=1S/C6H10O2/c1-3-6(8,4-2)5-7/h3-4,7-8H,1-2,5H2. The number of hydrogen-bond donors (Lipinski definition) is 2. The van der Waals surface area contributed by atoms with Gasteiger partial charge in [-0.2, -0.15) is 0 Å². The first-order valence-electron chi connectivity index (χ1n) is 2.29. The van der Waals surface area contributed by atoms with Crippen LogP contribution in [-0.2, 0) is 0 Å². The Morgan fingerprint density at radius 2 is 1.75 bits per heavy atom. The third kappa shape index (κ3) is 1.48. The average Bonchev–Trinajstić information content (AvgIpc) is 1.87. The van der Waals surface area contributed by atoms with Gasteiger partial charge < -0.3 is 10.2 Å². The molecule has 2 heteroatoms. The van der Waals surface area contributed by atoms with Crippen molar-refractivity contribution in [1.82, 2.24) is 0 Å². The molecule has 0 fully saturated rings. The molecule has 0 aromatic heterocycles. The number of hydrogen-bond acceptors (Lipinski definition) is 2. The molecule has 0 spiro atoms. The molecule has 0 saturated carbocycles. The maximum atomic E-state index is 8.95. The molecule has 46 valence electrons. The van der Waals surface area contributed by atoms with E-state index in [4.69, 9.17) is 10.2 Å². The lowest BCUT2D eigenvalue weighted by molar-refractivity contribution is 0.0685. The van der Waals surface area contributed by atoms with Crippen LogP contribution in [-0.4, -0.2) is 22.4 Å². The Morgan fingerprint density at radius 3 is 1.75 bits per heavy atom. The molecule has 2 N–H and O–H groups in total. The van der Waals surface area contributed by atoms with Gasteiger partial charge in [0.15, 0.2) is 0 Å². The second kappa shape index (κ2) is 2.64. The van der Waals surface area contributed by atoms with Crippen molar-refractivity contribution in [2.24, 2.45) is 0 Å². The van der Waals surface area contributed by atoms with E-state index in [0.29, 0.717) is 0 Å². The first kappa shape index (κ1) is 7.40.